The van der Waals surface area contributed by atoms with Crippen molar-refractivity contribution >= 4 is 0 Å². The first-order chi connectivity index (χ1) is 12.1. The molecule has 0 radical (unpaired) electrons. The van der Waals surface area contributed by atoms with Gasteiger partial charge in [0.15, 0.2) is 0 Å². The average Bonchev–Trinajstić information content (AvgIpc) is 2.64. The fourth-order valence-corrected chi connectivity index (χ4v) is 3.24. The highest BCUT2D eigenvalue weighted by molar-refractivity contribution is 5.31. The lowest BCUT2D eigenvalue weighted by Gasteiger charge is -2.41. The molecule has 4 nitrogen and oxygen atoms in total. The predicted octanol–water partition coefficient (Wildman–Crippen LogP) is 2.91. The maximum absolute atomic E-state index is 14.3. The van der Waals surface area contributed by atoms with Gasteiger partial charge in [-0.1, -0.05) is 30.3 Å². The van der Waals surface area contributed by atoms with Gasteiger partial charge in [-0.25, -0.2) is 8.78 Å². The number of hydrogen-bond acceptors (Lipinski definition) is 4. The topological polar surface area (TPSA) is 41.9 Å². The Morgan fingerprint density at radius 1 is 1.20 bits per heavy atom. The molecular weight excluding hydrogens is 328 g/mol. The molecule has 2 aromatic rings. The van der Waals surface area contributed by atoms with E-state index in [4.69, 9.17) is 9.47 Å². The van der Waals surface area contributed by atoms with E-state index >= 15 is 0 Å². The van der Waals surface area contributed by atoms with Crippen LogP contribution >= 0.6 is 0 Å². The van der Waals surface area contributed by atoms with Gasteiger partial charge >= 0.3 is 0 Å². The van der Waals surface area contributed by atoms with Crippen molar-refractivity contribution in [2.75, 3.05) is 26.9 Å². The van der Waals surface area contributed by atoms with Gasteiger partial charge in [-0.15, -0.1) is 0 Å². The van der Waals surface area contributed by atoms with Crippen LogP contribution in [0, 0.1) is 11.6 Å². The second kappa shape index (κ2) is 7.91. The average molecular weight is 349 g/mol. The molecule has 1 N–H and O–H groups in total. The number of rotatable bonds is 5. The first kappa shape index (κ1) is 17.8. The molecule has 2 atom stereocenters. The summed E-state index contributed by atoms with van der Waals surface area (Å²) in [5.41, 5.74) is 0.927. The highest BCUT2D eigenvalue weighted by Gasteiger charge is 2.34. The first-order valence-electron chi connectivity index (χ1n) is 8.17. The van der Waals surface area contributed by atoms with Gasteiger partial charge in [0.2, 0.25) is 0 Å². The summed E-state index contributed by atoms with van der Waals surface area (Å²) in [5, 5.41) is 9.67. The Morgan fingerprint density at radius 3 is 2.48 bits per heavy atom. The number of hydrogen-bond donors (Lipinski definition) is 1. The third-order valence-electron chi connectivity index (χ3n) is 4.49. The first-order valence-corrected chi connectivity index (χ1v) is 8.17. The SMILES string of the molecule is COc1cc(F)c(CN2CCO[C@H](CO)[C@H]2c2ccccc2)c(F)c1. The Balaban J connectivity index is 1.92. The number of morpholine rings is 1. The Kier molecular flexibility index (Phi) is 5.63. The summed E-state index contributed by atoms with van der Waals surface area (Å²) < 4.78 is 39.2. The van der Waals surface area contributed by atoms with E-state index in [1.54, 1.807) is 0 Å². The molecule has 0 aliphatic carbocycles. The van der Waals surface area contributed by atoms with E-state index in [9.17, 15) is 13.9 Å². The van der Waals surface area contributed by atoms with Crippen LogP contribution in [0.1, 0.15) is 17.2 Å². The Morgan fingerprint density at radius 2 is 1.88 bits per heavy atom. The molecule has 0 amide bonds. The van der Waals surface area contributed by atoms with Crippen LogP contribution in [-0.2, 0) is 11.3 Å². The molecule has 0 spiro atoms. The molecule has 1 aliphatic heterocycles. The molecule has 6 heteroatoms. The van der Waals surface area contributed by atoms with Crippen LogP contribution in [0.25, 0.3) is 0 Å². The van der Waals surface area contributed by atoms with E-state index in [0.29, 0.717) is 13.2 Å². The fourth-order valence-electron chi connectivity index (χ4n) is 3.24. The lowest BCUT2D eigenvalue weighted by Crippen LogP contribution is -2.46. The number of halogens is 2. The molecule has 1 saturated heterocycles. The molecule has 1 heterocycles. The van der Waals surface area contributed by atoms with Gasteiger partial charge in [-0.05, 0) is 5.56 Å². The molecule has 3 rings (SSSR count). The highest BCUT2D eigenvalue weighted by atomic mass is 19.1. The number of nitrogens with zero attached hydrogens (tertiary/aromatic N) is 1. The zero-order valence-electron chi connectivity index (χ0n) is 14.0. The van der Waals surface area contributed by atoms with E-state index in [0.717, 1.165) is 5.56 Å². The van der Waals surface area contributed by atoms with E-state index in [1.165, 1.54) is 19.2 Å². The zero-order chi connectivity index (χ0) is 17.8. The van der Waals surface area contributed by atoms with Crippen LogP contribution in [-0.4, -0.2) is 43.0 Å². The second-order valence-corrected chi connectivity index (χ2v) is 5.99. The maximum Gasteiger partial charge on any atom is 0.134 e. The van der Waals surface area contributed by atoms with Gasteiger partial charge in [0, 0.05) is 30.8 Å². The number of aliphatic hydroxyl groups is 1. The molecule has 1 fully saturated rings. The third kappa shape index (κ3) is 3.81. The van der Waals surface area contributed by atoms with Crippen LogP contribution in [0.3, 0.4) is 0 Å². The minimum Gasteiger partial charge on any atom is -0.497 e. The quantitative estimate of drug-likeness (QED) is 0.901. The highest BCUT2D eigenvalue weighted by Crippen LogP contribution is 2.32. The maximum atomic E-state index is 14.3. The largest absolute Gasteiger partial charge is 0.497 e. The van der Waals surface area contributed by atoms with Crippen molar-refractivity contribution in [3.05, 3.63) is 65.2 Å². The molecule has 25 heavy (non-hydrogen) atoms. The van der Waals surface area contributed by atoms with E-state index < -0.39 is 17.7 Å². The fraction of sp³-hybridized carbons (Fsp3) is 0.368. The van der Waals surface area contributed by atoms with Crippen LogP contribution in [0.5, 0.6) is 5.75 Å². The van der Waals surface area contributed by atoms with Crippen molar-refractivity contribution in [2.45, 2.75) is 18.7 Å². The lowest BCUT2D eigenvalue weighted by atomic mass is 9.97. The summed E-state index contributed by atoms with van der Waals surface area (Å²) >= 11 is 0. The van der Waals surface area contributed by atoms with Gasteiger partial charge in [-0.3, -0.25) is 4.90 Å². The second-order valence-electron chi connectivity index (χ2n) is 5.99. The molecule has 134 valence electrons. The van der Waals surface area contributed by atoms with Crippen LogP contribution in [0.2, 0.25) is 0 Å². The summed E-state index contributed by atoms with van der Waals surface area (Å²) in [5.74, 6) is -1.14. The van der Waals surface area contributed by atoms with E-state index in [2.05, 4.69) is 0 Å². The van der Waals surface area contributed by atoms with Crippen molar-refractivity contribution in [1.82, 2.24) is 4.90 Å². The molecule has 2 aromatic carbocycles. The van der Waals surface area contributed by atoms with Crippen molar-refractivity contribution in [1.29, 1.82) is 0 Å². The number of methoxy groups -OCH3 is 1. The standard InChI is InChI=1S/C19H21F2NO3/c1-24-14-9-16(20)15(17(21)10-14)11-22-7-8-25-18(12-23)19(22)13-5-3-2-4-6-13/h2-6,9-10,18-19,23H,7-8,11-12H2,1H3/t18-,19-/m1/s1. The lowest BCUT2D eigenvalue weighted by molar-refractivity contribution is -0.0965. The molecule has 0 saturated carbocycles. The summed E-state index contributed by atoms with van der Waals surface area (Å²) in [6, 6.07) is 11.6. The predicted molar refractivity (Wildman–Crippen MR) is 89.3 cm³/mol. The Labute approximate surface area is 145 Å². The Bertz CT molecular complexity index is 688. The van der Waals surface area contributed by atoms with Crippen molar-refractivity contribution in [2.24, 2.45) is 0 Å². The van der Waals surface area contributed by atoms with Gasteiger partial charge in [0.25, 0.3) is 0 Å². The minimum absolute atomic E-state index is 0.0136. The number of benzene rings is 2. The molecule has 1 aliphatic rings. The number of ether oxygens (including phenoxy) is 2. The monoisotopic (exact) mass is 349 g/mol. The summed E-state index contributed by atoms with van der Waals surface area (Å²) in [7, 11) is 1.37. The molecule has 0 aromatic heterocycles. The summed E-state index contributed by atoms with van der Waals surface area (Å²) in [6.07, 6.45) is -0.444. The van der Waals surface area contributed by atoms with Gasteiger partial charge in [0.05, 0.1) is 26.4 Å². The van der Waals surface area contributed by atoms with Gasteiger partial charge < -0.3 is 14.6 Å². The normalized spacial score (nSPS) is 21.3. The van der Waals surface area contributed by atoms with Gasteiger partial charge in [0.1, 0.15) is 23.5 Å². The van der Waals surface area contributed by atoms with Gasteiger partial charge in [-0.2, -0.15) is 0 Å². The van der Waals surface area contributed by atoms with E-state index in [-0.39, 0.29) is 30.5 Å². The Hall–Kier alpha value is -2.02. The minimum atomic E-state index is -0.643. The van der Waals surface area contributed by atoms with Crippen molar-refractivity contribution in [3.8, 4) is 5.75 Å². The van der Waals surface area contributed by atoms with Crippen LogP contribution in [0.4, 0.5) is 8.78 Å². The van der Waals surface area contributed by atoms with Crippen LogP contribution < -0.4 is 4.74 Å². The summed E-state index contributed by atoms with van der Waals surface area (Å²) in [4.78, 5) is 1.94. The smallest absolute Gasteiger partial charge is 0.134 e. The van der Waals surface area contributed by atoms with E-state index in [1.807, 2.05) is 35.2 Å². The summed E-state index contributed by atoms with van der Waals surface area (Å²) in [6.45, 7) is 0.833. The van der Waals surface area contributed by atoms with Crippen LogP contribution in [0.15, 0.2) is 42.5 Å². The zero-order valence-corrected chi connectivity index (χ0v) is 14.0. The number of aliphatic hydroxyl groups excluding tert-OH is 1. The molecule has 0 unspecified atom stereocenters. The molecular formula is C19H21F2NO3. The third-order valence-corrected chi connectivity index (χ3v) is 4.49. The van der Waals surface area contributed by atoms with Crippen molar-refractivity contribution in [3.63, 3.8) is 0 Å². The molecule has 0 bridgehead atoms. The van der Waals surface area contributed by atoms with Crippen molar-refractivity contribution < 1.29 is 23.4 Å².